The molecule has 4 amide bonds. The van der Waals surface area contributed by atoms with E-state index >= 15 is 0 Å². The first-order chi connectivity index (χ1) is 13.0. The minimum absolute atomic E-state index is 0.128. The maximum absolute atomic E-state index is 11.3. The highest BCUT2D eigenvalue weighted by molar-refractivity contribution is 6.16. The van der Waals surface area contributed by atoms with Gasteiger partial charge in [-0.1, -0.05) is 49.6 Å². The summed E-state index contributed by atoms with van der Waals surface area (Å²) in [5.41, 5.74) is 1.56. The van der Waals surface area contributed by atoms with Gasteiger partial charge in [0.15, 0.2) is 0 Å². The summed E-state index contributed by atoms with van der Waals surface area (Å²) in [4.78, 5) is 46.1. The minimum Gasteiger partial charge on any atom is -0.289 e. The molecular weight excluding hydrogens is 344 g/mol. The lowest BCUT2D eigenvalue weighted by atomic mass is 9.94. The maximum Gasteiger partial charge on any atom is 0.254 e. The van der Waals surface area contributed by atoms with E-state index in [0.29, 0.717) is 12.0 Å². The predicted octanol–water partition coefficient (Wildman–Crippen LogP) is 2.06. The molecule has 0 saturated heterocycles. The number of carbonyl (C=O) groups excluding carboxylic acids is 4. The third kappa shape index (κ3) is 4.78. The zero-order chi connectivity index (χ0) is 19.2. The Morgan fingerprint density at radius 2 is 1.52 bits per heavy atom. The van der Waals surface area contributed by atoms with Crippen molar-refractivity contribution in [2.24, 2.45) is 0 Å². The summed E-state index contributed by atoms with van der Waals surface area (Å²) < 4.78 is 0. The van der Waals surface area contributed by atoms with Crippen LogP contribution in [0.25, 0.3) is 0 Å². The quantitative estimate of drug-likeness (QED) is 0.830. The van der Waals surface area contributed by atoms with Crippen molar-refractivity contribution in [1.82, 2.24) is 10.2 Å². The van der Waals surface area contributed by atoms with Crippen molar-refractivity contribution in [2.75, 3.05) is 0 Å². The standard InChI is InChI=1S/C11H9NO2.C10H13NO2/c13-10-7-9(11(14)12-10)6-8-4-2-1-3-5-8;12-9-6-7-10(13)11(9)8-4-2-1-3-5-8/h1-5,7H,6H2,(H,12,13,14);6-8H,1-5H2. The number of nitrogens with zero attached hydrogens (tertiary/aromatic N) is 1. The van der Waals surface area contributed by atoms with Gasteiger partial charge in [0.25, 0.3) is 23.6 Å². The lowest BCUT2D eigenvalue weighted by molar-refractivity contribution is -0.140. The summed E-state index contributed by atoms with van der Waals surface area (Å²) in [6.45, 7) is 0. The average Bonchev–Trinajstić information content (AvgIpc) is 3.17. The second kappa shape index (κ2) is 8.58. The summed E-state index contributed by atoms with van der Waals surface area (Å²) in [6.07, 6.45) is 10.1. The molecule has 0 bridgehead atoms. The number of carbonyl (C=O) groups is 4. The fourth-order valence-corrected chi connectivity index (χ4v) is 3.51. The molecule has 6 nitrogen and oxygen atoms in total. The number of imide groups is 2. The molecule has 27 heavy (non-hydrogen) atoms. The van der Waals surface area contributed by atoms with Gasteiger partial charge in [0.05, 0.1) is 0 Å². The Kier molecular flexibility index (Phi) is 5.96. The molecule has 4 rings (SSSR count). The van der Waals surface area contributed by atoms with Crippen LogP contribution in [0.2, 0.25) is 0 Å². The Hall–Kier alpha value is -3.02. The van der Waals surface area contributed by atoms with Crippen molar-refractivity contribution in [1.29, 1.82) is 0 Å². The molecule has 0 unspecified atom stereocenters. The number of benzene rings is 1. The monoisotopic (exact) mass is 366 g/mol. The maximum atomic E-state index is 11.3. The highest BCUT2D eigenvalue weighted by atomic mass is 16.2. The van der Waals surface area contributed by atoms with E-state index in [1.165, 1.54) is 29.5 Å². The van der Waals surface area contributed by atoms with E-state index < -0.39 is 0 Å². The minimum atomic E-state index is -0.319. The zero-order valence-electron chi connectivity index (χ0n) is 15.0. The first-order valence-electron chi connectivity index (χ1n) is 9.19. The van der Waals surface area contributed by atoms with E-state index in [-0.39, 0.29) is 29.7 Å². The number of rotatable bonds is 3. The average molecular weight is 366 g/mol. The molecule has 1 fully saturated rings. The first-order valence-corrected chi connectivity index (χ1v) is 9.19. The molecule has 0 spiro atoms. The van der Waals surface area contributed by atoms with Gasteiger partial charge in [-0.25, -0.2) is 0 Å². The number of hydrogen-bond acceptors (Lipinski definition) is 4. The van der Waals surface area contributed by atoms with Crippen LogP contribution in [-0.4, -0.2) is 34.6 Å². The largest absolute Gasteiger partial charge is 0.289 e. The molecule has 6 heteroatoms. The van der Waals surface area contributed by atoms with Gasteiger partial charge in [-0.15, -0.1) is 0 Å². The third-order valence-electron chi connectivity index (χ3n) is 4.85. The van der Waals surface area contributed by atoms with E-state index in [0.717, 1.165) is 31.2 Å². The van der Waals surface area contributed by atoms with Gasteiger partial charge < -0.3 is 0 Å². The van der Waals surface area contributed by atoms with E-state index in [2.05, 4.69) is 5.32 Å². The van der Waals surface area contributed by atoms with E-state index in [1.807, 2.05) is 30.3 Å². The number of amides is 4. The Morgan fingerprint density at radius 1 is 0.889 bits per heavy atom. The lowest BCUT2D eigenvalue weighted by Gasteiger charge is -2.29. The van der Waals surface area contributed by atoms with Gasteiger partial charge in [-0.3, -0.25) is 29.4 Å². The fourth-order valence-electron chi connectivity index (χ4n) is 3.51. The van der Waals surface area contributed by atoms with Crippen molar-refractivity contribution in [3.8, 4) is 0 Å². The molecule has 1 saturated carbocycles. The first kappa shape index (κ1) is 18.8. The highest BCUT2D eigenvalue weighted by Crippen LogP contribution is 2.24. The van der Waals surface area contributed by atoms with Gasteiger partial charge in [-0.2, -0.15) is 0 Å². The summed E-state index contributed by atoms with van der Waals surface area (Å²) in [6, 6.07) is 9.75. The number of nitrogens with one attached hydrogen (secondary N) is 1. The van der Waals surface area contributed by atoms with Crippen LogP contribution in [0.15, 0.2) is 54.1 Å². The lowest BCUT2D eigenvalue weighted by Crippen LogP contribution is -2.41. The molecule has 2 aliphatic heterocycles. The zero-order valence-corrected chi connectivity index (χ0v) is 15.0. The fraction of sp³-hybridized carbons (Fsp3) is 0.333. The molecule has 140 valence electrons. The molecule has 0 aromatic heterocycles. The molecule has 0 atom stereocenters. The van der Waals surface area contributed by atoms with Crippen LogP contribution in [0.3, 0.4) is 0 Å². The summed E-state index contributed by atoms with van der Waals surface area (Å²) in [5.74, 6) is -0.853. The van der Waals surface area contributed by atoms with Crippen LogP contribution in [0.1, 0.15) is 37.7 Å². The molecule has 1 aromatic rings. The Morgan fingerprint density at radius 3 is 2.07 bits per heavy atom. The SMILES string of the molecule is O=C1C=C(Cc2ccccc2)C(=O)N1.O=C1C=CC(=O)N1C1CCCCC1. The molecule has 1 aromatic carbocycles. The van der Waals surface area contributed by atoms with Gasteiger partial charge >= 0.3 is 0 Å². The molecule has 1 aliphatic carbocycles. The third-order valence-corrected chi connectivity index (χ3v) is 4.85. The summed E-state index contributed by atoms with van der Waals surface area (Å²) in [7, 11) is 0. The summed E-state index contributed by atoms with van der Waals surface area (Å²) >= 11 is 0. The van der Waals surface area contributed by atoms with Crippen LogP contribution < -0.4 is 5.32 Å². The second-order valence-corrected chi connectivity index (χ2v) is 6.82. The van der Waals surface area contributed by atoms with Gasteiger partial charge in [0.2, 0.25) is 0 Å². The second-order valence-electron chi connectivity index (χ2n) is 6.82. The van der Waals surface area contributed by atoms with Crippen LogP contribution in [-0.2, 0) is 25.6 Å². The van der Waals surface area contributed by atoms with Crippen LogP contribution in [0.5, 0.6) is 0 Å². The smallest absolute Gasteiger partial charge is 0.254 e. The molecule has 0 radical (unpaired) electrons. The van der Waals surface area contributed by atoms with Gasteiger partial charge in [-0.05, 0) is 18.4 Å². The van der Waals surface area contributed by atoms with Crippen molar-refractivity contribution in [3.63, 3.8) is 0 Å². The van der Waals surface area contributed by atoms with E-state index in [4.69, 9.17) is 0 Å². The molecule has 1 N–H and O–H groups in total. The molecular formula is C21H22N2O4. The predicted molar refractivity (Wildman–Crippen MR) is 99.2 cm³/mol. The van der Waals surface area contributed by atoms with Gasteiger partial charge in [0.1, 0.15) is 0 Å². The van der Waals surface area contributed by atoms with Crippen molar-refractivity contribution in [2.45, 2.75) is 44.6 Å². The Balaban J connectivity index is 0.000000156. The molecule has 2 heterocycles. The Labute approximate surface area is 157 Å². The van der Waals surface area contributed by atoms with Crippen molar-refractivity contribution >= 4 is 23.6 Å². The van der Waals surface area contributed by atoms with Crippen LogP contribution in [0.4, 0.5) is 0 Å². The van der Waals surface area contributed by atoms with Crippen molar-refractivity contribution in [3.05, 3.63) is 59.7 Å². The van der Waals surface area contributed by atoms with Crippen LogP contribution in [0, 0.1) is 0 Å². The summed E-state index contributed by atoms with van der Waals surface area (Å²) in [5, 5.41) is 2.22. The normalized spacial score (nSPS) is 19.7. The van der Waals surface area contributed by atoms with E-state index in [1.54, 1.807) is 0 Å². The van der Waals surface area contributed by atoms with Crippen molar-refractivity contribution < 1.29 is 19.2 Å². The number of hydrogen-bond donors (Lipinski definition) is 1. The van der Waals surface area contributed by atoms with Gasteiger partial charge in [0, 0.05) is 36.3 Å². The van der Waals surface area contributed by atoms with Crippen LogP contribution >= 0.6 is 0 Å². The molecule has 3 aliphatic rings. The van der Waals surface area contributed by atoms with E-state index in [9.17, 15) is 19.2 Å². The highest BCUT2D eigenvalue weighted by Gasteiger charge is 2.31. The Bertz CT molecular complexity index is 787. The topological polar surface area (TPSA) is 83.5 Å².